The molecule has 1 unspecified atom stereocenters. The van der Waals surface area contributed by atoms with Crippen LogP contribution in [-0.2, 0) is 4.79 Å². The van der Waals surface area contributed by atoms with Crippen LogP contribution < -0.4 is 15.2 Å². The molecule has 3 N–H and O–H groups in total. The smallest absolute Gasteiger partial charge is 0.250 e. The Hall–Kier alpha value is -1.27. The van der Waals surface area contributed by atoms with Crippen LogP contribution in [0.3, 0.4) is 0 Å². The molecule has 0 aliphatic carbocycles. The second kappa shape index (κ2) is 4.31. The molecule has 1 amide bonds. The van der Waals surface area contributed by atoms with Crippen LogP contribution in [0.4, 0.5) is 0 Å². The first-order valence-electron chi connectivity index (χ1n) is 4.66. The Labute approximate surface area is 100 Å². The quantitative estimate of drug-likeness (QED) is 0.841. The average Bonchev–Trinajstić information content (AvgIpc) is 2.28. The summed E-state index contributed by atoms with van der Waals surface area (Å²) in [6.45, 7) is 0.916. The molecule has 0 fully saturated rings. The van der Waals surface area contributed by atoms with E-state index in [1.165, 1.54) is 0 Å². The normalized spacial score (nSPS) is 15.6. The minimum absolute atomic E-state index is 0.378. The molecule has 1 aromatic carbocycles. The topological polar surface area (TPSA) is 81.8 Å². The first-order chi connectivity index (χ1) is 7.59. The number of primary amides is 1. The van der Waals surface area contributed by atoms with E-state index in [0.29, 0.717) is 34.7 Å². The van der Waals surface area contributed by atoms with Gasteiger partial charge in [-0.05, 0) is 33.6 Å². The summed E-state index contributed by atoms with van der Waals surface area (Å²) in [5.41, 5.74) is 5.40. The van der Waals surface area contributed by atoms with Crippen molar-refractivity contribution >= 4 is 21.8 Å². The first kappa shape index (κ1) is 11.2. The number of hydrogen-bond donors (Lipinski definition) is 2. The Balaban J connectivity index is 2.42. The van der Waals surface area contributed by atoms with Gasteiger partial charge in [0.15, 0.2) is 17.6 Å². The Morgan fingerprint density at radius 2 is 2.12 bits per heavy atom. The van der Waals surface area contributed by atoms with E-state index in [0.717, 1.165) is 0 Å². The number of ether oxygens (including phenoxy) is 2. The Bertz CT molecular complexity index is 435. The molecule has 16 heavy (non-hydrogen) atoms. The minimum atomic E-state index is -1.34. The lowest BCUT2D eigenvalue weighted by atomic mass is 10.1. The van der Waals surface area contributed by atoms with Crippen LogP contribution >= 0.6 is 15.9 Å². The van der Waals surface area contributed by atoms with Crippen molar-refractivity contribution in [2.24, 2.45) is 5.73 Å². The van der Waals surface area contributed by atoms with Crippen molar-refractivity contribution in [2.75, 3.05) is 13.2 Å². The molecule has 0 radical (unpaired) electrons. The number of rotatable bonds is 2. The van der Waals surface area contributed by atoms with E-state index in [1.54, 1.807) is 12.1 Å². The fraction of sp³-hybridized carbons (Fsp3) is 0.300. The number of carbonyl (C=O) groups is 1. The molecule has 0 aromatic heterocycles. The van der Waals surface area contributed by atoms with E-state index in [-0.39, 0.29) is 0 Å². The van der Waals surface area contributed by atoms with Crippen molar-refractivity contribution in [3.63, 3.8) is 0 Å². The Morgan fingerprint density at radius 3 is 2.81 bits per heavy atom. The minimum Gasteiger partial charge on any atom is -0.486 e. The van der Waals surface area contributed by atoms with Gasteiger partial charge in [-0.2, -0.15) is 0 Å². The maximum absolute atomic E-state index is 10.9. The van der Waals surface area contributed by atoms with Gasteiger partial charge in [-0.15, -0.1) is 0 Å². The first-order valence-corrected chi connectivity index (χ1v) is 5.45. The summed E-state index contributed by atoms with van der Waals surface area (Å²) in [5.74, 6) is 0.270. The zero-order valence-corrected chi connectivity index (χ0v) is 9.86. The number of fused-ring (bicyclic) bond motifs is 1. The summed E-state index contributed by atoms with van der Waals surface area (Å²) >= 11 is 3.28. The van der Waals surface area contributed by atoms with E-state index in [4.69, 9.17) is 15.2 Å². The highest BCUT2D eigenvalue weighted by atomic mass is 79.9. The Morgan fingerprint density at radius 1 is 1.44 bits per heavy atom. The predicted octanol–water partition coefficient (Wildman–Crippen LogP) is 0.739. The van der Waals surface area contributed by atoms with E-state index >= 15 is 0 Å². The standard InChI is InChI=1S/C10H10BrNO4/c11-6-3-5(8(13)10(12)14)4-7-9(6)16-2-1-15-7/h3-4,8,13H,1-2H2,(H2,12,14). The summed E-state index contributed by atoms with van der Waals surface area (Å²) < 4.78 is 11.4. The summed E-state index contributed by atoms with van der Waals surface area (Å²) in [7, 11) is 0. The number of benzene rings is 1. The zero-order valence-electron chi connectivity index (χ0n) is 8.27. The molecule has 6 heteroatoms. The van der Waals surface area contributed by atoms with E-state index in [2.05, 4.69) is 15.9 Å². The van der Waals surface area contributed by atoms with Gasteiger partial charge in [-0.25, -0.2) is 0 Å². The molecule has 1 aromatic rings. The molecule has 1 aliphatic rings. The highest BCUT2D eigenvalue weighted by Crippen LogP contribution is 2.39. The zero-order chi connectivity index (χ0) is 11.7. The van der Waals surface area contributed by atoms with Gasteiger partial charge in [-0.3, -0.25) is 4.79 Å². The fourth-order valence-corrected chi connectivity index (χ4v) is 2.03. The number of nitrogens with two attached hydrogens (primary N) is 1. The van der Waals surface area contributed by atoms with Gasteiger partial charge in [0.25, 0.3) is 5.91 Å². The maximum Gasteiger partial charge on any atom is 0.250 e. The van der Waals surface area contributed by atoms with Gasteiger partial charge in [0, 0.05) is 0 Å². The molecule has 1 aliphatic heterocycles. The number of amides is 1. The van der Waals surface area contributed by atoms with Crippen LogP contribution in [0.5, 0.6) is 11.5 Å². The SMILES string of the molecule is NC(=O)C(O)c1cc(Br)c2c(c1)OCCO2. The summed E-state index contributed by atoms with van der Waals surface area (Å²) in [6, 6.07) is 3.14. The van der Waals surface area contributed by atoms with Crippen LogP contribution in [0.15, 0.2) is 16.6 Å². The molecule has 2 rings (SSSR count). The molecule has 0 spiro atoms. The average molecular weight is 288 g/mol. The maximum atomic E-state index is 10.9. The number of aliphatic hydroxyl groups is 1. The largest absolute Gasteiger partial charge is 0.486 e. The third kappa shape index (κ3) is 1.98. The lowest BCUT2D eigenvalue weighted by molar-refractivity contribution is -0.126. The van der Waals surface area contributed by atoms with Gasteiger partial charge in [0.2, 0.25) is 0 Å². The van der Waals surface area contributed by atoms with Crippen LogP contribution in [0, 0.1) is 0 Å². The molecular weight excluding hydrogens is 278 g/mol. The van der Waals surface area contributed by atoms with Crippen molar-refractivity contribution < 1.29 is 19.4 Å². The molecule has 5 nitrogen and oxygen atoms in total. The number of carbonyl (C=O) groups excluding carboxylic acids is 1. The van der Waals surface area contributed by atoms with E-state index in [9.17, 15) is 9.90 Å². The summed E-state index contributed by atoms with van der Waals surface area (Å²) in [4.78, 5) is 10.9. The second-order valence-corrected chi connectivity index (χ2v) is 4.19. The molecule has 0 saturated carbocycles. The van der Waals surface area contributed by atoms with Crippen molar-refractivity contribution in [2.45, 2.75) is 6.10 Å². The van der Waals surface area contributed by atoms with Crippen molar-refractivity contribution in [1.82, 2.24) is 0 Å². The summed E-state index contributed by atoms with van der Waals surface area (Å²) in [6.07, 6.45) is -1.34. The molecule has 0 saturated heterocycles. The molecule has 0 bridgehead atoms. The van der Waals surface area contributed by atoms with E-state index < -0.39 is 12.0 Å². The van der Waals surface area contributed by atoms with Gasteiger partial charge >= 0.3 is 0 Å². The van der Waals surface area contributed by atoms with Crippen LogP contribution in [-0.4, -0.2) is 24.2 Å². The predicted molar refractivity (Wildman–Crippen MR) is 59.3 cm³/mol. The fourth-order valence-electron chi connectivity index (χ4n) is 1.45. The van der Waals surface area contributed by atoms with Crippen LogP contribution in [0.1, 0.15) is 11.7 Å². The third-order valence-corrected chi connectivity index (χ3v) is 2.79. The molecule has 86 valence electrons. The van der Waals surface area contributed by atoms with Crippen molar-refractivity contribution in [1.29, 1.82) is 0 Å². The van der Waals surface area contributed by atoms with Gasteiger partial charge < -0.3 is 20.3 Å². The number of halogens is 1. The molecule has 1 heterocycles. The lowest BCUT2D eigenvalue weighted by Gasteiger charge is -2.21. The molecule has 1 atom stereocenters. The Kier molecular flexibility index (Phi) is 3.02. The third-order valence-electron chi connectivity index (χ3n) is 2.20. The number of hydrogen-bond acceptors (Lipinski definition) is 4. The van der Waals surface area contributed by atoms with Crippen molar-refractivity contribution in [3.8, 4) is 11.5 Å². The van der Waals surface area contributed by atoms with Crippen LogP contribution in [0.2, 0.25) is 0 Å². The van der Waals surface area contributed by atoms with Crippen molar-refractivity contribution in [3.05, 3.63) is 22.2 Å². The monoisotopic (exact) mass is 287 g/mol. The lowest BCUT2D eigenvalue weighted by Crippen LogP contribution is -2.22. The van der Waals surface area contributed by atoms with E-state index in [1.807, 2.05) is 0 Å². The van der Waals surface area contributed by atoms with Gasteiger partial charge in [0.05, 0.1) is 4.47 Å². The van der Waals surface area contributed by atoms with Crippen LogP contribution in [0.25, 0.3) is 0 Å². The van der Waals surface area contributed by atoms with Gasteiger partial charge in [0.1, 0.15) is 13.2 Å². The number of aliphatic hydroxyl groups excluding tert-OH is 1. The highest BCUT2D eigenvalue weighted by molar-refractivity contribution is 9.10. The highest BCUT2D eigenvalue weighted by Gasteiger charge is 2.21. The van der Waals surface area contributed by atoms with Gasteiger partial charge in [-0.1, -0.05) is 0 Å². The second-order valence-electron chi connectivity index (χ2n) is 3.33. The summed E-state index contributed by atoms with van der Waals surface area (Å²) in [5, 5.41) is 9.53. The molecular formula is C10H10BrNO4.